The van der Waals surface area contributed by atoms with Gasteiger partial charge >= 0.3 is 0 Å². The van der Waals surface area contributed by atoms with Crippen molar-refractivity contribution in [3.8, 4) is 0 Å². The second kappa shape index (κ2) is 5.79. The molecule has 120 valence electrons. The predicted molar refractivity (Wildman–Crippen MR) is 72.9 cm³/mol. The van der Waals surface area contributed by atoms with Crippen LogP contribution in [0.25, 0.3) is 0 Å². The Balaban J connectivity index is 2.34. The van der Waals surface area contributed by atoms with Gasteiger partial charge in [0.1, 0.15) is 12.0 Å². The van der Waals surface area contributed by atoms with Crippen molar-refractivity contribution in [2.24, 2.45) is 10.7 Å². The molecule has 2 aliphatic heterocycles. The topological polar surface area (TPSA) is 145 Å². The van der Waals surface area contributed by atoms with Gasteiger partial charge in [0.2, 0.25) is 12.1 Å². The van der Waals surface area contributed by atoms with E-state index in [-0.39, 0.29) is 12.4 Å². The molecule has 1 unspecified atom stereocenters. The number of aliphatic hydroxyl groups excluding tert-OH is 1. The fourth-order valence-electron chi connectivity index (χ4n) is 1.99. The van der Waals surface area contributed by atoms with E-state index in [9.17, 15) is 18.0 Å². The van der Waals surface area contributed by atoms with Crippen LogP contribution in [0.15, 0.2) is 16.6 Å². The highest BCUT2D eigenvalue weighted by molar-refractivity contribution is 8.00. The maximum Gasteiger partial charge on any atom is 0.276 e. The van der Waals surface area contributed by atoms with Gasteiger partial charge in [-0.2, -0.15) is 13.4 Å². The summed E-state index contributed by atoms with van der Waals surface area (Å²) in [5.41, 5.74) is 4.61. The molecule has 0 aromatic carbocycles. The average molecular weight is 343 g/mol. The fraction of sp³-hybridized carbons (Fsp3) is 0.667. The summed E-state index contributed by atoms with van der Waals surface area (Å²) >= 11 is 1.14. The standard InChI is InChI=1S/C9H14FN3O6S2/c10-5-1-13(15,7-3-20-8(2-14)19-7)6(12-9(5)11)4-21(16,17)18/h7-8,14H,1-4,11H2,(H,16,17,18)/t7-,8+,13?/m1/s1. The molecule has 0 radical (unpaired) electrons. The summed E-state index contributed by atoms with van der Waals surface area (Å²) < 4.78 is 48.3. The molecule has 1 saturated heterocycles. The van der Waals surface area contributed by atoms with Crippen LogP contribution in [0, 0.1) is 5.21 Å². The summed E-state index contributed by atoms with van der Waals surface area (Å²) in [7, 11) is -4.54. The summed E-state index contributed by atoms with van der Waals surface area (Å²) in [5, 5.41) is 21.8. The Morgan fingerprint density at radius 2 is 2.29 bits per heavy atom. The summed E-state index contributed by atoms with van der Waals surface area (Å²) in [6, 6.07) is 0. The quantitative estimate of drug-likeness (QED) is 0.338. The Morgan fingerprint density at radius 3 is 2.81 bits per heavy atom. The van der Waals surface area contributed by atoms with Crippen LogP contribution >= 0.6 is 11.8 Å². The maximum absolute atomic E-state index is 13.6. The van der Waals surface area contributed by atoms with Crippen molar-refractivity contribution in [2.75, 3.05) is 24.7 Å². The van der Waals surface area contributed by atoms with Gasteiger partial charge in [0, 0.05) is 0 Å². The molecule has 21 heavy (non-hydrogen) atoms. The van der Waals surface area contributed by atoms with E-state index in [1.807, 2.05) is 0 Å². The van der Waals surface area contributed by atoms with Crippen LogP contribution in [0.3, 0.4) is 0 Å². The number of hydroxylamine groups is 3. The van der Waals surface area contributed by atoms with Crippen molar-refractivity contribution >= 4 is 27.7 Å². The van der Waals surface area contributed by atoms with Crippen LogP contribution in [0.1, 0.15) is 0 Å². The largest absolute Gasteiger partial charge is 0.624 e. The second-order valence-corrected chi connectivity index (χ2v) is 7.18. The Hall–Kier alpha value is -0.760. The zero-order chi connectivity index (χ0) is 15.8. The molecule has 1 fully saturated rings. The highest BCUT2D eigenvalue weighted by atomic mass is 32.2. The van der Waals surface area contributed by atoms with Gasteiger partial charge < -0.3 is 20.8 Å². The molecule has 4 N–H and O–H groups in total. The van der Waals surface area contributed by atoms with Gasteiger partial charge in [0.05, 0.1) is 12.4 Å². The van der Waals surface area contributed by atoms with Gasteiger partial charge in [-0.05, 0) is 0 Å². The number of hydrogen-bond donors (Lipinski definition) is 3. The first-order chi connectivity index (χ1) is 9.65. The molecule has 0 aromatic heterocycles. The number of aliphatic hydroxyl groups is 1. The monoisotopic (exact) mass is 343 g/mol. The first-order valence-corrected chi connectivity index (χ1v) is 8.45. The number of thioether (sulfide) groups is 1. The molecule has 0 aliphatic carbocycles. The van der Waals surface area contributed by atoms with E-state index in [2.05, 4.69) is 4.99 Å². The lowest BCUT2D eigenvalue weighted by atomic mass is 10.3. The lowest BCUT2D eigenvalue weighted by molar-refractivity contribution is -0.838. The van der Waals surface area contributed by atoms with Crippen molar-refractivity contribution in [2.45, 2.75) is 11.7 Å². The van der Waals surface area contributed by atoms with E-state index in [1.165, 1.54) is 0 Å². The van der Waals surface area contributed by atoms with Gasteiger partial charge in [0.25, 0.3) is 10.1 Å². The van der Waals surface area contributed by atoms with E-state index in [0.717, 1.165) is 11.8 Å². The summed E-state index contributed by atoms with van der Waals surface area (Å²) in [4.78, 5) is 3.47. The SMILES string of the molecule is NC1=C(F)C[N+]([O-])([C@H]2CS[C@@H](CO)O2)C(CS(=O)(=O)O)=N1. The minimum atomic E-state index is -4.54. The normalized spacial score (nSPS) is 34.2. The number of ether oxygens (including phenoxy) is 1. The molecule has 0 amide bonds. The number of rotatable bonds is 4. The number of quaternary nitrogens is 1. The molecule has 0 bridgehead atoms. The van der Waals surface area contributed by atoms with E-state index in [1.54, 1.807) is 0 Å². The summed E-state index contributed by atoms with van der Waals surface area (Å²) in [6.45, 7) is -1.12. The van der Waals surface area contributed by atoms with E-state index in [0.29, 0.717) is 0 Å². The van der Waals surface area contributed by atoms with Crippen LogP contribution in [0.2, 0.25) is 0 Å². The van der Waals surface area contributed by atoms with Crippen LogP contribution in [-0.2, 0) is 14.9 Å². The first kappa shape index (κ1) is 16.6. The average Bonchev–Trinajstić information content (AvgIpc) is 2.83. The third-order valence-electron chi connectivity index (χ3n) is 3.00. The first-order valence-electron chi connectivity index (χ1n) is 5.80. The third kappa shape index (κ3) is 3.53. The van der Waals surface area contributed by atoms with E-state index < -0.39 is 56.2 Å². The zero-order valence-corrected chi connectivity index (χ0v) is 12.3. The van der Waals surface area contributed by atoms with Gasteiger partial charge in [0.15, 0.2) is 17.4 Å². The molecular formula is C9H14FN3O6S2. The number of hydrogen-bond acceptors (Lipinski definition) is 8. The molecule has 2 rings (SSSR count). The minimum Gasteiger partial charge on any atom is -0.624 e. The van der Waals surface area contributed by atoms with Crippen molar-refractivity contribution in [1.82, 2.24) is 0 Å². The summed E-state index contributed by atoms with van der Waals surface area (Å²) in [5.74, 6) is -3.08. The highest BCUT2D eigenvalue weighted by Crippen LogP contribution is 2.34. The Labute approximate surface area is 124 Å². The highest BCUT2D eigenvalue weighted by Gasteiger charge is 2.45. The number of amidine groups is 1. The zero-order valence-electron chi connectivity index (χ0n) is 10.7. The maximum atomic E-state index is 13.6. The number of aliphatic imine (C=N–C) groups is 1. The number of nitrogens with two attached hydrogens (primary N) is 1. The lowest BCUT2D eigenvalue weighted by Gasteiger charge is -2.46. The van der Waals surface area contributed by atoms with Crippen molar-refractivity contribution in [1.29, 1.82) is 0 Å². The Morgan fingerprint density at radius 1 is 1.62 bits per heavy atom. The molecule has 2 aliphatic rings. The van der Waals surface area contributed by atoms with Crippen LogP contribution in [-0.4, -0.2) is 64.9 Å². The molecular weight excluding hydrogens is 329 g/mol. The van der Waals surface area contributed by atoms with E-state index >= 15 is 0 Å². The van der Waals surface area contributed by atoms with Crippen molar-refractivity contribution in [3.63, 3.8) is 0 Å². The molecule has 12 heteroatoms. The Kier molecular flexibility index (Phi) is 4.58. The minimum absolute atomic E-state index is 0.117. The Bertz CT molecular complexity index is 594. The molecule has 9 nitrogen and oxygen atoms in total. The lowest BCUT2D eigenvalue weighted by Crippen LogP contribution is -2.60. The van der Waals surface area contributed by atoms with Crippen LogP contribution in [0.4, 0.5) is 4.39 Å². The molecule has 0 aromatic rings. The van der Waals surface area contributed by atoms with Gasteiger partial charge in [-0.1, -0.05) is 0 Å². The van der Waals surface area contributed by atoms with Gasteiger partial charge in [-0.3, -0.25) is 9.20 Å². The molecule has 0 spiro atoms. The van der Waals surface area contributed by atoms with E-state index in [4.69, 9.17) is 20.1 Å². The molecule has 3 atom stereocenters. The molecule has 0 saturated carbocycles. The second-order valence-electron chi connectivity index (χ2n) is 4.53. The van der Waals surface area contributed by atoms with Crippen LogP contribution < -0.4 is 5.73 Å². The van der Waals surface area contributed by atoms with Crippen molar-refractivity contribution in [3.05, 3.63) is 16.9 Å². The van der Waals surface area contributed by atoms with Gasteiger partial charge in [-0.15, -0.1) is 11.8 Å². The predicted octanol–water partition coefficient (Wildman–Crippen LogP) is -0.894. The molecule has 2 heterocycles. The smallest absolute Gasteiger partial charge is 0.276 e. The number of nitrogens with zero attached hydrogens (tertiary/aromatic N) is 2. The van der Waals surface area contributed by atoms with Crippen molar-refractivity contribution < 1.29 is 31.9 Å². The fourth-order valence-corrected chi connectivity index (χ4v) is 3.61. The van der Waals surface area contributed by atoms with Gasteiger partial charge in [-0.25, -0.2) is 4.39 Å². The third-order valence-corrected chi connectivity index (χ3v) is 4.73. The van der Waals surface area contributed by atoms with Crippen LogP contribution in [0.5, 0.6) is 0 Å². The summed E-state index contributed by atoms with van der Waals surface area (Å²) in [6.07, 6.45) is -1.15. The number of halogens is 1.